The summed E-state index contributed by atoms with van der Waals surface area (Å²) in [6, 6.07) is 6.60. The van der Waals surface area contributed by atoms with Crippen LogP contribution in [0.15, 0.2) is 90.4 Å². The minimum Gasteiger partial charge on any atom is -0.384 e. The SMILES string of the molecule is C=C.C=C(C)C1=CNC2=CCCC=C2/C1=C\CC.Cc1ccc2c(c1)NCC2. The van der Waals surface area contributed by atoms with Gasteiger partial charge in [-0.15, -0.1) is 13.2 Å². The number of hydrogen-bond donors (Lipinski definition) is 2. The molecular formula is C26H34N2. The second-order valence-corrected chi connectivity index (χ2v) is 7.16. The predicted molar refractivity (Wildman–Crippen MR) is 124 cm³/mol. The number of aryl methyl sites for hydroxylation is 1. The van der Waals surface area contributed by atoms with E-state index >= 15 is 0 Å². The molecule has 2 heteroatoms. The fourth-order valence-corrected chi connectivity index (χ4v) is 3.62. The molecular weight excluding hydrogens is 340 g/mol. The van der Waals surface area contributed by atoms with Gasteiger partial charge in [-0.1, -0.05) is 43.9 Å². The molecule has 0 fully saturated rings. The van der Waals surface area contributed by atoms with Crippen LogP contribution in [0.25, 0.3) is 0 Å². The van der Waals surface area contributed by atoms with Gasteiger partial charge in [0.05, 0.1) is 0 Å². The summed E-state index contributed by atoms with van der Waals surface area (Å²) >= 11 is 0. The number of anilines is 1. The van der Waals surface area contributed by atoms with E-state index in [0.29, 0.717) is 0 Å². The fourth-order valence-electron chi connectivity index (χ4n) is 3.62. The minimum atomic E-state index is 1.06. The van der Waals surface area contributed by atoms with E-state index in [4.69, 9.17) is 0 Å². The van der Waals surface area contributed by atoms with Crippen molar-refractivity contribution in [2.75, 3.05) is 11.9 Å². The maximum absolute atomic E-state index is 4.05. The smallest absolute Gasteiger partial charge is 0.0416 e. The maximum atomic E-state index is 4.05. The molecule has 2 nitrogen and oxygen atoms in total. The highest BCUT2D eigenvalue weighted by molar-refractivity contribution is 5.64. The second-order valence-electron chi connectivity index (χ2n) is 7.16. The summed E-state index contributed by atoms with van der Waals surface area (Å²) < 4.78 is 0. The van der Waals surface area contributed by atoms with Crippen molar-refractivity contribution in [3.05, 3.63) is 101 Å². The lowest BCUT2D eigenvalue weighted by molar-refractivity contribution is 0.915. The molecule has 0 aromatic heterocycles. The molecule has 1 aromatic rings. The lowest BCUT2D eigenvalue weighted by Crippen LogP contribution is -2.19. The van der Waals surface area contributed by atoms with Crippen LogP contribution in [-0.2, 0) is 6.42 Å². The summed E-state index contributed by atoms with van der Waals surface area (Å²) in [5.74, 6) is 0. The highest BCUT2D eigenvalue weighted by atomic mass is 14.9. The molecule has 0 unspecified atom stereocenters. The van der Waals surface area contributed by atoms with Crippen molar-refractivity contribution < 1.29 is 0 Å². The van der Waals surface area contributed by atoms with Crippen LogP contribution >= 0.6 is 0 Å². The van der Waals surface area contributed by atoms with Crippen molar-refractivity contribution in [3.63, 3.8) is 0 Å². The number of benzene rings is 1. The Morgan fingerprint density at radius 2 is 1.93 bits per heavy atom. The molecule has 3 aliphatic rings. The van der Waals surface area contributed by atoms with Crippen molar-refractivity contribution in [2.45, 2.75) is 46.5 Å². The highest BCUT2D eigenvalue weighted by Crippen LogP contribution is 2.34. The quantitative estimate of drug-likeness (QED) is 0.559. The third-order valence-corrected chi connectivity index (χ3v) is 4.95. The van der Waals surface area contributed by atoms with Gasteiger partial charge in [-0.25, -0.2) is 0 Å². The molecule has 0 saturated carbocycles. The zero-order chi connectivity index (χ0) is 20.5. The molecule has 0 bridgehead atoms. The van der Waals surface area contributed by atoms with Gasteiger partial charge in [-0.05, 0) is 67.9 Å². The Hall–Kier alpha value is -2.74. The van der Waals surface area contributed by atoms with Crippen molar-refractivity contribution in [1.29, 1.82) is 0 Å². The van der Waals surface area contributed by atoms with Gasteiger partial charge < -0.3 is 10.6 Å². The Morgan fingerprint density at radius 1 is 1.18 bits per heavy atom. The minimum absolute atomic E-state index is 1.06. The van der Waals surface area contributed by atoms with E-state index < -0.39 is 0 Å². The second kappa shape index (κ2) is 10.6. The Balaban J connectivity index is 0.000000200. The largest absolute Gasteiger partial charge is 0.384 e. The van der Waals surface area contributed by atoms with E-state index in [2.05, 4.69) is 93.8 Å². The molecule has 0 amide bonds. The number of hydrogen-bond acceptors (Lipinski definition) is 2. The first kappa shape index (κ1) is 21.6. The van der Waals surface area contributed by atoms with Crippen molar-refractivity contribution in [2.24, 2.45) is 0 Å². The summed E-state index contributed by atoms with van der Waals surface area (Å²) in [5.41, 5.74) is 10.5. The third kappa shape index (κ3) is 5.16. The molecule has 0 saturated heterocycles. The Morgan fingerprint density at radius 3 is 2.64 bits per heavy atom. The molecule has 4 rings (SSSR count). The van der Waals surface area contributed by atoms with Crippen LogP contribution in [0.4, 0.5) is 5.69 Å². The number of rotatable bonds is 2. The van der Waals surface area contributed by atoms with E-state index in [0.717, 1.165) is 31.4 Å². The Labute approximate surface area is 171 Å². The van der Waals surface area contributed by atoms with Gasteiger partial charge in [0.25, 0.3) is 0 Å². The molecule has 0 radical (unpaired) electrons. The predicted octanol–water partition coefficient (Wildman–Crippen LogP) is 6.76. The van der Waals surface area contributed by atoms with Gasteiger partial charge >= 0.3 is 0 Å². The lowest BCUT2D eigenvalue weighted by Gasteiger charge is -2.26. The zero-order valence-corrected chi connectivity index (χ0v) is 17.7. The maximum Gasteiger partial charge on any atom is 0.0416 e. The van der Waals surface area contributed by atoms with Crippen LogP contribution in [0.3, 0.4) is 0 Å². The Kier molecular flexibility index (Phi) is 8.13. The summed E-state index contributed by atoms with van der Waals surface area (Å²) in [5, 5.41) is 6.71. The lowest BCUT2D eigenvalue weighted by atomic mass is 9.86. The van der Waals surface area contributed by atoms with Gasteiger partial charge in [0.2, 0.25) is 0 Å². The summed E-state index contributed by atoms with van der Waals surface area (Å²) in [6.07, 6.45) is 13.5. The van der Waals surface area contributed by atoms with Gasteiger partial charge in [0, 0.05) is 35.3 Å². The summed E-state index contributed by atoms with van der Waals surface area (Å²) in [4.78, 5) is 0. The zero-order valence-electron chi connectivity index (χ0n) is 17.7. The van der Waals surface area contributed by atoms with Gasteiger partial charge in [0.1, 0.15) is 0 Å². The molecule has 0 spiro atoms. The summed E-state index contributed by atoms with van der Waals surface area (Å²) in [6.45, 7) is 17.5. The van der Waals surface area contributed by atoms with Gasteiger partial charge in [0.15, 0.2) is 0 Å². The normalized spacial score (nSPS) is 17.7. The number of fused-ring (bicyclic) bond motifs is 2. The van der Waals surface area contributed by atoms with E-state index in [1.165, 1.54) is 45.7 Å². The highest BCUT2D eigenvalue weighted by Gasteiger charge is 2.20. The average molecular weight is 375 g/mol. The standard InChI is InChI=1S/C15H19N.C9H11N.C2H4/c1-4-7-12-13-8-5-6-9-15(13)16-10-14(12)11(2)3;1-7-2-3-8-4-5-10-9(8)6-7;1-2/h7-10,16H,2,4-6H2,1,3H3;2-3,6,10H,4-5H2,1H3;1-2H2/b12-7+;;. The topological polar surface area (TPSA) is 24.1 Å². The number of nitrogens with one attached hydrogen (secondary N) is 2. The van der Waals surface area contributed by atoms with Crippen LogP contribution in [0.2, 0.25) is 0 Å². The molecule has 0 atom stereocenters. The van der Waals surface area contributed by atoms with E-state index in [1.54, 1.807) is 0 Å². The van der Waals surface area contributed by atoms with Gasteiger partial charge in [-0.2, -0.15) is 0 Å². The number of allylic oxidation sites excluding steroid dienone is 6. The average Bonchev–Trinajstić information content (AvgIpc) is 3.18. The van der Waals surface area contributed by atoms with E-state index in [9.17, 15) is 0 Å². The molecule has 148 valence electrons. The molecule has 2 heterocycles. The molecule has 1 aliphatic carbocycles. The van der Waals surface area contributed by atoms with Crippen molar-refractivity contribution in [1.82, 2.24) is 5.32 Å². The molecule has 28 heavy (non-hydrogen) atoms. The van der Waals surface area contributed by atoms with Crippen LogP contribution in [0.5, 0.6) is 0 Å². The molecule has 2 aliphatic heterocycles. The monoisotopic (exact) mass is 374 g/mol. The third-order valence-electron chi connectivity index (χ3n) is 4.95. The first-order valence-corrected chi connectivity index (χ1v) is 10.2. The molecule has 1 aromatic carbocycles. The van der Waals surface area contributed by atoms with Crippen LogP contribution in [0.1, 0.15) is 44.2 Å². The van der Waals surface area contributed by atoms with Crippen molar-refractivity contribution >= 4 is 5.69 Å². The van der Waals surface area contributed by atoms with E-state index in [1.807, 2.05) is 0 Å². The Bertz CT molecular complexity index is 830. The van der Waals surface area contributed by atoms with E-state index in [-0.39, 0.29) is 0 Å². The van der Waals surface area contributed by atoms with Gasteiger partial charge in [-0.3, -0.25) is 0 Å². The van der Waals surface area contributed by atoms with Crippen LogP contribution < -0.4 is 10.6 Å². The first-order valence-electron chi connectivity index (χ1n) is 10.2. The fraction of sp³-hybridized carbons (Fsp3) is 0.308. The molecule has 2 N–H and O–H groups in total. The van der Waals surface area contributed by atoms with Crippen molar-refractivity contribution in [3.8, 4) is 0 Å². The van der Waals surface area contributed by atoms with Crippen LogP contribution in [-0.4, -0.2) is 6.54 Å². The van der Waals surface area contributed by atoms with Crippen LogP contribution in [0, 0.1) is 6.92 Å². The first-order chi connectivity index (χ1) is 13.6. The summed E-state index contributed by atoms with van der Waals surface area (Å²) in [7, 11) is 0.